The summed E-state index contributed by atoms with van der Waals surface area (Å²) in [5, 5.41) is 4.47. The van der Waals surface area contributed by atoms with Gasteiger partial charge in [0.25, 0.3) is 5.56 Å². The molecule has 3 aromatic rings. The summed E-state index contributed by atoms with van der Waals surface area (Å²) in [6.07, 6.45) is 3.66. The molecule has 0 radical (unpaired) electrons. The van der Waals surface area contributed by atoms with Crippen LogP contribution in [0.3, 0.4) is 0 Å². The van der Waals surface area contributed by atoms with Crippen molar-refractivity contribution in [2.24, 2.45) is 18.9 Å². The van der Waals surface area contributed by atoms with E-state index in [0.29, 0.717) is 17.7 Å². The molecule has 2 fully saturated rings. The topological polar surface area (TPSA) is 91.5 Å². The minimum atomic E-state index is -0.372. The number of aromatic amines is 1. The molecular weight excluding hydrogens is 346 g/mol. The maximum absolute atomic E-state index is 11.9. The molecular formula is C18H21N7O2. The van der Waals surface area contributed by atoms with Gasteiger partial charge in [0.05, 0.1) is 5.69 Å². The Morgan fingerprint density at radius 3 is 2.48 bits per heavy atom. The van der Waals surface area contributed by atoms with Crippen molar-refractivity contribution in [2.45, 2.75) is 6.92 Å². The molecule has 27 heavy (non-hydrogen) atoms. The smallest absolute Gasteiger partial charge is 0.329 e. The summed E-state index contributed by atoms with van der Waals surface area (Å²) in [7, 11) is 1.48. The van der Waals surface area contributed by atoms with Gasteiger partial charge in [-0.3, -0.25) is 14.3 Å². The predicted molar refractivity (Wildman–Crippen MR) is 101 cm³/mol. The monoisotopic (exact) mass is 367 g/mol. The van der Waals surface area contributed by atoms with E-state index in [9.17, 15) is 9.59 Å². The number of hydrogen-bond donors (Lipinski definition) is 1. The lowest BCUT2D eigenvalue weighted by Crippen LogP contribution is -2.36. The molecule has 9 nitrogen and oxygen atoms in total. The van der Waals surface area contributed by atoms with Crippen LogP contribution in [0.15, 0.2) is 34.1 Å². The Morgan fingerprint density at radius 2 is 1.78 bits per heavy atom. The zero-order chi connectivity index (χ0) is 18.7. The Bertz CT molecular complexity index is 1100. The van der Waals surface area contributed by atoms with E-state index in [1.807, 2.05) is 17.6 Å². The molecule has 1 N–H and O–H groups in total. The first kappa shape index (κ1) is 16.1. The van der Waals surface area contributed by atoms with Crippen LogP contribution in [0, 0.1) is 18.8 Å². The fourth-order valence-corrected chi connectivity index (χ4v) is 4.35. The van der Waals surface area contributed by atoms with Crippen molar-refractivity contribution >= 4 is 17.2 Å². The predicted octanol–water partition coefficient (Wildman–Crippen LogP) is -0.00268. The molecule has 2 aliphatic heterocycles. The molecule has 5 heterocycles. The second-order valence-corrected chi connectivity index (χ2v) is 7.55. The number of aryl methyl sites for hydroxylation is 1. The van der Waals surface area contributed by atoms with Crippen molar-refractivity contribution in [3.05, 3.63) is 51.1 Å². The van der Waals surface area contributed by atoms with Gasteiger partial charge in [-0.15, -0.1) is 0 Å². The molecule has 2 atom stereocenters. The largest absolute Gasteiger partial charge is 0.357 e. The van der Waals surface area contributed by atoms with Crippen LogP contribution >= 0.6 is 0 Å². The van der Waals surface area contributed by atoms with Gasteiger partial charge in [-0.1, -0.05) is 0 Å². The fraction of sp³-hybridized carbons (Fsp3) is 0.444. The van der Waals surface area contributed by atoms with Gasteiger partial charge in [0.2, 0.25) is 0 Å². The third-order valence-corrected chi connectivity index (χ3v) is 5.75. The first-order valence-electron chi connectivity index (χ1n) is 9.11. The Morgan fingerprint density at radius 1 is 1.07 bits per heavy atom. The maximum Gasteiger partial charge on any atom is 0.329 e. The number of rotatable bonds is 2. The molecule has 0 saturated carbocycles. The highest BCUT2D eigenvalue weighted by molar-refractivity contribution is 5.69. The number of aromatic nitrogens is 5. The Labute approximate surface area is 154 Å². The first-order chi connectivity index (χ1) is 13.0. The molecule has 2 unspecified atom stereocenters. The quantitative estimate of drug-likeness (QED) is 0.685. The van der Waals surface area contributed by atoms with Crippen molar-refractivity contribution in [3.63, 3.8) is 0 Å². The number of H-pyrrole nitrogens is 1. The SMILES string of the molecule is Cc1cc2c(N3CC4CN(c5cc(=O)n(C)c(=O)[nH]5)CC4C3)nccn2n1. The average Bonchev–Trinajstić information content (AvgIpc) is 3.30. The second-order valence-electron chi connectivity index (χ2n) is 7.55. The molecule has 3 aromatic heterocycles. The van der Waals surface area contributed by atoms with E-state index in [4.69, 9.17) is 0 Å². The maximum atomic E-state index is 11.9. The van der Waals surface area contributed by atoms with E-state index in [0.717, 1.165) is 47.8 Å². The average molecular weight is 367 g/mol. The zero-order valence-corrected chi connectivity index (χ0v) is 15.3. The number of anilines is 2. The van der Waals surface area contributed by atoms with Crippen molar-refractivity contribution in [1.82, 2.24) is 24.1 Å². The van der Waals surface area contributed by atoms with Crippen molar-refractivity contribution in [1.29, 1.82) is 0 Å². The van der Waals surface area contributed by atoms with Crippen LogP contribution in [0.25, 0.3) is 5.52 Å². The highest BCUT2D eigenvalue weighted by atomic mass is 16.2. The zero-order valence-electron chi connectivity index (χ0n) is 15.3. The molecule has 0 bridgehead atoms. The van der Waals surface area contributed by atoms with E-state index in [1.54, 1.807) is 6.20 Å². The summed E-state index contributed by atoms with van der Waals surface area (Å²) in [6.45, 7) is 5.45. The van der Waals surface area contributed by atoms with Crippen molar-refractivity contribution < 1.29 is 0 Å². The summed E-state index contributed by atoms with van der Waals surface area (Å²) in [4.78, 5) is 35.7. The van der Waals surface area contributed by atoms with Crippen LogP contribution in [0.5, 0.6) is 0 Å². The third kappa shape index (κ3) is 2.53. The number of hydrogen-bond acceptors (Lipinski definition) is 6. The molecule has 2 saturated heterocycles. The van der Waals surface area contributed by atoms with Gasteiger partial charge in [0.1, 0.15) is 11.3 Å². The van der Waals surface area contributed by atoms with Gasteiger partial charge in [0, 0.05) is 63.5 Å². The van der Waals surface area contributed by atoms with Crippen LogP contribution in [0.2, 0.25) is 0 Å². The van der Waals surface area contributed by atoms with Gasteiger partial charge in [-0.2, -0.15) is 5.10 Å². The van der Waals surface area contributed by atoms with E-state index >= 15 is 0 Å². The number of nitrogens with zero attached hydrogens (tertiary/aromatic N) is 6. The fourth-order valence-electron chi connectivity index (χ4n) is 4.35. The molecule has 2 aliphatic rings. The van der Waals surface area contributed by atoms with Crippen LogP contribution in [-0.2, 0) is 7.05 Å². The van der Waals surface area contributed by atoms with Gasteiger partial charge >= 0.3 is 5.69 Å². The van der Waals surface area contributed by atoms with E-state index in [2.05, 4.69) is 30.9 Å². The third-order valence-electron chi connectivity index (χ3n) is 5.75. The van der Waals surface area contributed by atoms with Crippen molar-refractivity contribution in [3.8, 4) is 0 Å². The Balaban J connectivity index is 1.38. The summed E-state index contributed by atoms with van der Waals surface area (Å²) >= 11 is 0. The Kier molecular flexibility index (Phi) is 3.40. The summed E-state index contributed by atoms with van der Waals surface area (Å²) in [5.41, 5.74) is 1.36. The van der Waals surface area contributed by atoms with Gasteiger partial charge < -0.3 is 9.80 Å². The van der Waals surface area contributed by atoms with Gasteiger partial charge in [-0.05, 0) is 13.0 Å². The molecule has 0 amide bonds. The van der Waals surface area contributed by atoms with Gasteiger partial charge in [-0.25, -0.2) is 14.3 Å². The minimum Gasteiger partial charge on any atom is -0.357 e. The lowest BCUT2D eigenvalue weighted by atomic mass is 10.0. The molecule has 5 rings (SSSR count). The van der Waals surface area contributed by atoms with Crippen LogP contribution in [0.4, 0.5) is 11.6 Å². The van der Waals surface area contributed by atoms with E-state index in [-0.39, 0.29) is 11.2 Å². The van der Waals surface area contributed by atoms with Crippen LogP contribution in [-0.4, -0.2) is 50.3 Å². The van der Waals surface area contributed by atoms with E-state index in [1.165, 1.54) is 13.1 Å². The summed E-state index contributed by atoms with van der Waals surface area (Å²) in [6, 6.07) is 3.57. The lowest BCUT2D eigenvalue weighted by Gasteiger charge is -2.23. The highest BCUT2D eigenvalue weighted by Crippen LogP contribution is 2.35. The molecule has 0 spiro atoms. The van der Waals surface area contributed by atoms with Crippen molar-refractivity contribution in [2.75, 3.05) is 36.0 Å². The van der Waals surface area contributed by atoms with Crippen LogP contribution < -0.4 is 21.0 Å². The number of fused-ring (bicyclic) bond motifs is 2. The van der Waals surface area contributed by atoms with Gasteiger partial charge in [0.15, 0.2) is 5.82 Å². The summed E-state index contributed by atoms with van der Waals surface area (Å²) < 4.78 is 2.96. The lowest BCUT2D eigenvalue weighted by molar-refractivity contribution is 0.533. The molecule has 0 aromatic carbocycles. The first-order valence-corrected chi connectivity index (χ1v) is 9.11. The molecule has 9 heteroatoms. The molecule has 0 aliphatic carbocycles. The standard InChI is InChI=1S/C18H21N7O2/c1-11-5-14-17(19-3-4-25(14)21-11)24-9-12-7-23(8-13(12)10-24)15-6-16(26)22(2)18(27)20-15/h3-6,12-13H,7-10H2,1-2H3,(H,20,27). The highest BCUT2D eigenvalue weighted by Gasteiger charge is 2.41. The molecule has 140 valence electrons. The minimum absolute atomic E-state index is 0.278. The number of nitrogens with one attached hydrogen (secondary N) is 1. The Hall–Kier alpha value is -3.10. The van der Waals surface area contributed by atoms with Crippen LogP contribution in [0.1, 0.15) is 5.69 Å². The second kappa shape index (κ2) is 5.70. The summed E-state index contributed by atoms with van der Waals surface area (Å²) in [5.74, 6) is 2.55. The van der Waals surface area contributed by atoms with E-state index < -0.39 is 0 Å². The normalized spacial score (nSPS) is 22.0.